The highest BCUT2D eigenvalue weighted by Gasteiger charge is 2.10. The number of thiophene rings is 1. The Labute approximate surface area is 124 Å². The first-order chi connectivity index (χ1) is 10.1. The minimum atomic E-state index is 0.169. The smallest absolute Gasteiger partial charge is 0.229 e. The van der Waals surface area contributed by atoms with Crippen molar-refractivity contribution in [3.8, 4) is 10.7 Å². The van der Waals surface area contributed by atoms with E-state index in [2.05, 4.69) is 30.4 Å². The van der Waals surface area contributed by atoms with Crippen molar-refractivity contribution in [3.05, 3.63) is 23.3 Å². The number of nitrogens with two attached hydrogens (primary N) is 1. The van der Waals surface area contributed by atoms with E-state index >= 15 is 0 Å². The molecule has 0 aliphatic heterocycles. The molecule has 9 nitrogen and oxygen atoms in total. The average molecular weight is 303 g/mol. The van der Waals surface area contributed by atoms with Crippen LogP contribution in [0.5, 0.6) is 0 Å². The molecule has 0 atom stereocenters. The maximum Gasteiger partial charge on any atom is 0.229 e. The van der Waals surface area contributed by atoms with E-state index in [4.69, 9.17) is 5.73 Å². The van der Waals surface area contributed by atoms with Crippen molar-refractivity contribution in [3.63, 3.8) is 0 Å². The van der Waals surface area contributed by atoms with Gasteiger partial charge in [-0.05, 0) is 16.7 Å². The van der Waals surface area contributed by atoms with Crippen molar-refractivity contribution in [2.75, 3.05) is 24.7 Å². The summed E-state index contributed by atoms with van der Waals surface area (Å²) >= 11 is 1.56. The maximum absolute atomic E-state index is 5.68. The molecule has 0 aliphatic carbocycles. The van der Waals surface area contributed by atoms with Crippen LogP contribution in [-0.2, 0) is 6.54 Å². The first kappa shape index (κ1) is 13.4. The lowest BCUT2D eigenvalue weighted by Gasteiger charge is -2.10. The van der Waals surface area contributed by atoms with E-state index in [1.807, 2.05) is 31.6 Å². The third kappa shape index (κ3) is 2.94. The minimum absolute atomic E-state index is 0.169. The largest absolute Gasteiger partial charge is 0.368 e. The lowest BCUT2D eigenvalue weighted by atomic mass is 10.5. The Bertz CT molecular complexity index is 734. The molecule has 3 heterocycles. The fourth-order valence-corrected chi connectivity index (χ4v) is 2.28. The Balaban J connectivity index is 1.84. The highest BCUT2D eigenvalue weighted by Crippen LogP contribution is 2.19. The van der Waals surface area contributed by atoms with Gasteiger partial charge in [0.15, 0.2) is 5.82 Å². The standard InChI is InChI=1S/C11H13N9S/c1-19(2)11-14-8(13-10(12)15-11)6-20-17-9(16-18-20)7-4-3-5-21-7/h3-5H,6H2,1-2H3,(H2,12,13,14,15). The highest BCUT2D eigenvalue weighted by atomic mass is 32.1. The molecule has 0 radical (unpaired) electrons. The third-order valence-electron chi connectivity index (χ3n) is 2.56. The molecule has 0 bridgehead atoms. The molecular formula is C11H13N9S. The maximum atomic E-state index is 5.68. The van der Waals surface area contributed by atoms with Gasteiger partial charge in [0, 0.05) is 14.1 Å². The van der Waals surface area contributed by atoms with Gasteiger partial charge in [0.05, 0.1) is 4.88 Å². The summed E-state index contributed by atoms with van der Waals surface area (Å²) in [5, 5.41) is 14.3. The Kier molecular flexibility index (Phi) is 3.44. The van der Waals surface area contributed by atoms with E-state index < -0.39 is 0 Å². The lowest BCUT2D eigenvalue weighted by Crippen LogP contribution is -2.17. The number of hydrogen-bond donors (Lipinski definition) is 1. The summed E-state index contributed by atoms with van der Waals surface area (Å²) in [4.78, 5) is 16.6. The lowest BCUT2D eigenvalue weighted by molar-refractivity contribution is 0.553. The third-order valence-corrected chi connectivity index (χ3v) is 3.43. The van der Waals surface area contributed by atoms with Crippen molar-refractivity contribution in [1.29, 1.82) is 0 Å². The van der Waals surface area contributed by atoms with Crippen LogP contribution in [-0.4, -0.2) is 49.3 Å². The number of tetrazole rings is 1. The molecule has 3 aromatic rings. The molecule has 2 N–H and O–H groups in total. The molecule has 0 spiro atoms. The Morgan fingerprint density at radius 1 is 1.29 bits per heavy atom. The predicted molar refractivity (Wildman–Crippen MR) is 78.8 cm³/mol. The van der Waals surface area contributed by atoms with Gasteiger partial charge in [-0.25, -0.2) is 0 Å². The molecule has 0 unspecified atom stereocenters. The van der Waals surface area contributed by atoms with Crippen LogP contribution in [0.4, 0.5) is 11.9 Å². The number of aromatic nitrogens is 7. The van der Waals surface area contributed by atoms with Gasteiger partial charge in [0.25, 0.3) is 0 Å². The van der Waals surface area contributed by atoms with Crippen LogP contribution in [0.2, 0.25) is 0 Å². The van der Waals surface area contributed by atoms with Gasteiger partial charge in [0.2, 0.25) is 17.7 Å². The molecule has 0 aliphatic rings. The van der Waals surface area contributed by atoms with E-state index in [0.29, 0.717) is 17.6 Å². The second-order valence-electron chi connectivity index (χ2n) is 4.43. The van der Waals surface area contributed by atoms with Crippen LogP contribution >= 0.6 is 11.3 Å². The zero-order valence-corrected chi connectivity index (χ0v) is 12.3. The van der Waals surface area contributed by atoms with E-state index in [9.17, 15) is 0 Å². The molecule has 3 rings (SSSR count). The van der Waals surface area contributed by atoms with E-state index in [1.165, 1.54) is 4.80 Å². The van der Waals surface area contributed by atoms with Gasteiger partial charge in [-0.1, -0.05) is 6.07 Å². The molecular weight excluding hydrogens is 290 g/mol. The number of hydrogen-bond acceptors (Lipinski definition) is 9. The molecule has 10 heteroatoms. The summed E-state index contributed by atoms with van der Waals surface area (Å²) in [7, 11) is 3.67. The molecule has 0 saturated carbocycles. The Morgan fingerprint density at radius 2 is 2.14 bits per heavy atom. The molecule has 0 amide bonds. The second-order valence-corrected chi connectivity index (χ2v) is 5.37. The summed E-state index contributed by atoms with van der Waals surface area (Å²) in [5.74, 6) is 1.74. The normalized spacial score (nSPS) is 10.8. The number of nitrogens with zero attached hydrogens (tertiary/aromatic N) is 8. The SMILES string of the molecule is CN(C)c1nc(N)nc(Cn2nnc(-c3cccs3)n2)n1. The summed E-state index contributed by atoms with van der Waals surface area (Å²) in [6, 6.07) is 3.88. The van der Waals surface area contributed by atoms with Crippen molar-refractivity contribution in [2.45, 2.75) is 6.54 Å². The van der Waals surface area contributed by atoms with E-state index in [0.717, 1.165) is 4.88 Å². The van der Waals surface area contributed by atoms with Crippen LogP contribution in [0.1, 0.15) is 5.82 Å². The van der Waals surface area contributed by atoms with Crippen LogP contribution in [0.25, 0.3) is 10.7 Å². The second kappa shape index (κ2) is 5.40. The van der Waals surface area contributed by atoms with Crippen molar-refractivity contribution in [1.82, 2.24) is 35.2 Å². The summed E-state index contributed by atoms with van der Waals surface area (Å²) in [6.07, 6.45) is 0. The van der Waals surface area contributed by atoms with Gasteiger partial charge < -0.3 is 10.6 Å². The monoisotopic (exact) mass is 303 g/mol. The zero-order chi connectivity index (χ0) is 14.8. The fraction of sp³-hybridized carbons (Fsp3) is 0.273. The summed E-state index contributed by atoms with van der Waals surface area (Å²) < 4.78 is 0. The van der Waals surface area contributed by atoms with Crippen LogP contribution < -0.4 is 10.6 Å². The average Bonchev–Trinajstić information content (AvgIpc) is 3.08. The van der Waals surface area contributed by atoms with Gasteiger partial charge in [-0.3, -0.25) is 0 Å². The highest BCUT2D eigenvalue weighted by molar-refractivity contribution is 7.13. The van der Waals surface area contributed by atoms with E-state index in [1.54, 1.807) is 16.2 Å². The van der Waals surface area contributed by atoms with Crippen LogP contribution in [0, 0.1) is 0 Å². The summed E-state index contributed by atoms with van der Waals surface area (Å²) in [5.41, 5.74) is 5.68. The molecule has 0 aromatic carbocycles. The molecule has 0 saturated heterocycles. The van der Waals surface area contributed by atoms with Crippen molar-refractivity contribution < 1.29 is 0 Å². The predicted octanol–water partition coefficient (Wildman–Crippen LogP) is 0.283. The molecule has 21 heavy (non-hydrogen) atoms. The van der Waals surface area contributed by atoms with Gasteiger partial charge in [0.1, 0.15) is 6.54 Å². The number of nitrogen functional groups attached to an aromatic ring is 1. The molecule has 3 aromatic heterocycles. The fourth-order valence-electron chi connectivity index (χ4n) is 1.64. The van der Waals surface area contributed by atoms with E-state index in [-0.39, 0.29) is 12.5 Å². The van der Waals surface area contributed by atoms with Gasteiger partial charge >= 0.3 is 0 Å². The zero-order valence-electron chi connectivity index (χ0n) is 11.5. The Morgan fingerprint density at radius 3 is 2.86 bits per heavy atom. The van der Waals surface area contributed by atoms with Crippen LogP contribution in [0.3, 0.4) is 0 Å². The quantitative estimate of drug-likeness (QED) is 0.731. The number of rotatable bonds is 4. The first-order valence-electron chi connectivity index (χ1n) is 6.11. The Hall–Kier alpha value is -2.62. The van der Waals surface area contributed by atoms with Crippen LogP contribution in [0.15, 0.2) is 17.5 Å². The minimum Gasteiger partial charge on any atom is -0.368 e. The summed E-state index contributed by atoms with van der Waals surface area (Å²) in [6.45, 7) is 0.284. The van der Waals surface area contributed by atoms with Crippen molar-refractivity contribution in [2.24, 2.45) is 0 Å². The first-order valence-corrected chi connectivity index (χ1v) is 6.99. The van der Waals surface area contributed by atoms with Crippen molar-refractivity contribution >= 4 is 23.2 Å². The van der Waals surface area contributed by atoms with Gasteiger partial charge in [-0.15, -0.1) is 21.5 Å². The topological polar surface area (TPSA) is 112 Å². The number of anilines is 2. The molecule has 0 fully saturated rings. The van der Waals surface area contributed by atoms with Gasteiger partial charge in [-0.2, -0.15) is 19.7 Å². The molecule has 108 valence electrons.